The summed E-state index contributed by atoms with van der Waals surface area (Å²) in [5.74, 6) is 0.697. The van der Waals surface area contributed by atoms with E-state index in [2.05, 4.69) is 10.3 Å². The molecule has 6 heteroatoms. The van der Waals surface area contributed by atoms with Gasteiger partial charge >= 0.3 is 0 Å². The van der Waals surface area contributed by atoms with E-state index in [4.69, 9.17) is 22.1 Å². The van der Waals surface area contributed by atoms with Crippen molar-refractivity contribution in [1.82, 2.24) is 10.3 Å². The third-order valence-corrected chi connectivity index (χ3v) is 2.78. The van der Waals surface area contributed by atoms with Crippen LogP contribution in [0.15, 0.2) is 36.5 Å². The molecule has 0 aliphatic carbocycles. The van der Waals surface area contributed by atoms with Gasteiger partial charge in [-0.05, 0) is 31.2 Å². The zero-order valence-corrected chi connectivity index (χ0v) is 11.6. The van der Waals surface area contributed by atoms with Crippen LogP contribution in [0.3, 0.4) is 0 Å². The lowest BCUT2D eigenvalue weighted by Gasteiger charge is -2.09. The molecule has 0 bridgehead atoms. The van der Waals surface area contributed by atoms with Crippen molar-refractivity contribution in [3.63, 3.8) is 0 Å². The summed E-state index contributed by atoms with van der Waals surface area (Å²) in [5, 5.41) is 3.08. The average molecular weight is 292 g/mol. The molecule has 1 aromatic heterocycles. The Morgan fingerprint density at radius 1 is 1.40 bits per heavy atom. The Balaban J connectivity index is 2.21. The predicted molar refractivity (Wildman–Crippen MR) is 78.2 cm³/mol. The largest absolute Gasteiger partial charge is 0.456 e. The maximum Gasteiger partial charge on any atom is 0.270 e. The highest BCUT2D eigenvalue weighted by atomic mass is 35.5. The highest BCUT2D eigenvalue weighted by molar-refractivity contribution is 6.32. The first kappa shape index (κ1) is 14.1. The number of carbonyl (C=O) groups is 1. The molecule has 1 heterocycles. The monoisotopic (exact) mass is 291 g/mol. The molecule has 2 aromatic rings. The van der Waals surface area contributed by atoms with Gasteiger partial charge in [-0.1, -0.05) is 11.6 Å². The van der Waals surface area contributed by atoms with E-state index in [-0.39, 0.29) is 11.6 Å². The van der Waals surface area contributed by atoms with E-state index in [1.54, 1.807) is 30.3 Å². The molecule has 0 radical (unpaired) electrons. The number of hydrogen-bond acceptors (Lipinski definition) is 4. The molecule has 0 aliphatic heterocycles. The SMILES string of the molecule is CCNC(=O)c1cc(Oc2ccc(N)cc2Cl)ccn1. The lowest BCUT2D eigenvalue weighted by Crippen LogP contribution is -2.23. The van der Waals surface area contributed by atoms with Crippen molar-refractivity contribution >= 4 is 23.2 Å². The maximum absolute atomic E-state index is 11.7. The fourth-order valence-corrected chi connectivity index (χ4v) is 1.80. The van der Waals surface area contributed by atoms with Crippen molar-refractivity contribution in [2.45, 2.75) is 6.92 Å². The summed E-state index contributed by atoms with van der Waals surface area (Å²) in [6.07, 6.45) is 1.51. The number of nitrogens with one attached hydrogen (secondary N) is 1. The first-order valence-electron chi connectivity index (χ1n) is 6.07. The van der Waals surface area contributed by atoms with E-state index in [1.807, 2.05) is 6.92 Å². The molecule has 1 amide bonds. The van der Waals surface area contributed by atoms with Gasteiger partial charge in [-0.15, -0.1) is 0 Å². The second-order valence-corrected chi connectivity index (χ2v) is 4.44. The summed E-state index contributed by atoms with van der Waals surface area (Å²) in [7, 11) is 0. The van der Waals surface area contributed by atoms with Gasteiger partial charge in [-0.3, -0.25) is 9.78 Å². The second-order valence-electron chi connectivity index (χ2n) is 4.03. The van der Waals surface area contributed by atoms with Gasteiger partial charge < -0.3 is 15.8 Å². The second kappa shape index (κ2) is 6.25. The zero-order valence-electron chi connectivity index (χ0n) is 10.9. The van der Waals surface area contributed by atoms with Gasteiger partial charge in [-0.2, -0.15) is 0 Å². The molecule has 0 saturated heterocycles. The third-order valence-electron chi connectivity index (χ3n) is 2.49. The summed E-state index contributed by atoms with van der Waals surface area (Å²) < 4.78 is 5.63. The smallest absolute Gasteiger partial charge is 0.270 e. The van der Waals surface area contributed by atoms with E-state index >= 15 is 0 Å². The zero-order chi connectivity index (χ0) is 14.5. The summed E-state index contributed by atoms with van der Waals surface area (Å²) in [6, 6.07) is 8.16. The number of nitrogens with zero attached hydrogens (tertiary/aromatic N) is 1. The minimum Gasteiger partial charge on any atom is -0.456 e. The fourth-order valence-electron chi connectivity index (χ4n) is 1.58. The molecule has 20 heavy (non-hydrogen) atoms. The number of carbonyl (C=O) groups excluding carboxylic acids is 1. The highest BCUT2D eigenvalue weighted by Crippen LogP contribution is 2.30. The van der Waals surface area contributed by atoms with Crippen LogP contribution in [-0.2, 0) is 0 Å². The predicted octanol–water partition coefficient (Wildman–Crippen LogP) is 2.86. The topological polar surface area (TPSA) is 77.2 Å². The van der Waals surface area contributed by atoms with Crippen LogP contribution in [0, 0.1) is 0 Å². The van der Waals surface area contributed by atoms with Gasteiger partial charge in [0, 0.05) is 24.5 Å². The van der Waals surface area contributed by atoms with E-state index in [1.165, 1.54) is 6.20 Å². The normalized spacial score (nSPS) is 10.1. The van der Waals surface area contributed by atoms with Crippen molar-refractivity contribution in [3.05, 3.63) is 47.2 Å². The molecule has 1 aromatic carbocycles. The first-order chi connectivity index (χ1) is 9.60. The van der Waals surface area contributed by atoms with Crippen LogP contribution in [0.1, 0.15) is 17.4 Å². The summed E-state index contributed by atoms with van der Waals surface area (Å²) >= 11 is 6.03. The molecule has 5 nitrogen and oxygen atoms in total. The number of aromatic nitrogens is 1. The van der Waals surface area contributed by atoms with Gasteiger partial charge in [0.1, 0.15) is 17.2 Å². The quantitative estimate of drug-likeness (QED) is 0.849. The van der Waals surface area contributed by atoms with Crippen LogP contribution in [0.25, 0.3) is 0 Å². The minimum atomic E-state index is -0.249. The van der Waals surface area contributed by atoms with E-state index in [9.17, 15) is 4.79 Å². The molecule has 0 spiro atoms. The Bertz CT molecular complexity index is 632. The van der Waals surface area contributed by atoms with Gasteiger partial charge in [0.05, 0.1) is 5.02 Å². The summed E-state index contributed by atoms with van der Waals surface area (Å²) in [4.78, 5) is 15.7. The molecule has 104 valence electrons. The minimum absolute atomic E-state index is 0.249. The Kier molecular flexibility index (Phi) is 4.42. The van der Waals surface area contributed by atoms with E-state index in [0.717, 1.165) is 0 Å². The number of rotatable bonds is 4. The summed E-state index contributed by atoms with van der Waals surface area (Å²) in [5.41, 5.74) is 6.46. The van der Waals surface area contributed by atoms with Gasteiger partial charge in [-0.25, -0.2) is 0 Å². The lowest BCUT2D eigenvalue weighted by atomic mass is 10.3. The number of nitrogens with two attached hydrogens (primary N) is 1. The van der Waals surface area contributed by atoms with Crippen LogP contribution in [0.4, 0.5) is 5.69 Å². The number of amides is 1. The molecular weight excluding hydrogens is 278 g/mol. The Morgan fingerprint density at radius 3 is 2.90 bits per heavy atom. The van der Waals surface area contributed by atoms with Crippen molar-refractivity contribution in [1.29, 1.82) is 0 Å². The van der Waals surface area contributed by atoms with E-state index < -0.39 is 0 Å². The molecule has 0 fully saturated rings. The number of ether oxygens (including phenoxy) is 1. The average Bonchev–Trinajstić information content (AvgIpc) is 2.43. The molecule has 2 rings (SSSR count). The molecular formula is C14H14ClN3O2. The standard InChI is InChI=1S/C14H14ClN3O2/c1-2-17-14(19)12-8-10(5-6-18-12)20-13-4-3-9(16)7-11(13)15/h3-8H,2,16H2,1H3,(H,17,19). The van der Waals surface area contributed by atoms with Crippen LogP contribution in [0.5, 0.6) is 11.5 Å². The molecule has 0 unspecified atom stereocenters. The number of benzene rings is 1. The van der Waals surface area contributed by atoms with Gasteiger partial charge in [0.2, 0.25) is 0 Å². The van der Waals surface area contributed by atoms with E-state index in [0.29, 0.717) is 28.8 Å². The number of pyridine rings is 1. The number of hydrogen-bond donors (Lipinski definition) is 2. The summed E-state index contributed by atoms with van der Waals surface area (Å²) in [6.45, 7) is 2.38. The van der Waals surface area contributed by atoms with Crippen LogP contribution in [0.2, 0.25) is 5.02 Å². The van der Waals surface area contributed by atoms with Gasteiger partial charge in [0.25, 0.3) is 5.91 Å². The number of nitrogen functional groups attached to an aromatic ring is 1. The third kappa shape index (κ3) is 3.39. The highest BCUT2D eigenvalue weighted by Gasteiger charge is 2.09. The Morgan fingerprint density at radius 2 is 2.20 bits per heavy atom. The van der Waals surface area contributed by atoms with Crippen molar-refractivity contribution in [2.75, 3.05) is 12.3 Å². The van der Waals surface area contributed by atoms with Crippen molar-refractivity contribution in [2.24, 2.45) is 0 Å². The lowest BCUT2D eigenvalue weighted by molar-refractivity contribution is 0.0950. The molecule has 0 saturated carbocycles. The van der Waals surface area contributed by atoms with Crippen molar-refractivity contribution < 1.29 is 9.53 Å². The number of halogens is 1. The Hall–Kier alpha value is -2.27. The van der Waals surface area contributed by atoms with Crippen LogP contribution in [-0.4, -0.2) is 17.4 Å². The van der Waals surface area contributed by atoms with Crippen LogP contribution >= 0.6 is 11.6 Å². The molecule has 0 atom stereocenters. The number of anilines is 1. The van der Waals surface area contributed by atoms with Crippen LogP contribution < -0.4 is 15.8 Å². The van der Waals surface area contributed by atoms with Gasteiger partial charge in [0.15, 0.2) is 0 Å². The molecule has 0 aliphatic rings. The van der Waals surface area contributed by atoms with Crippen molar-refractivity contribution in [3.8, 4) is 11.5 Å². The fraction of sp³-hybridized carbons (Fsp3) is 0.143. The maximum atomic E-state index is 11.7. The first-order valence-corrected chi connectivity index (χ1v) is 6.45. The molecule has 3 N–H and O–H groups in total. The Labute approximate surface area is 121 Å².